The zero-order valence-electron chi connectivity index (χ0n) is 10.7. The van der Waals surface area contributed by atoms with E-state index in [2.05, 4.69) is 4.90 Å². The van der Waals surface area contributed by atoms with Crippen LogP contribution in [0.4, 0.5) is 5.69 Å². The molecule has 0 spiro atoms. The molecule has 0 radical (unpaired) electrons. The second-order valence-electron chi connectivity index (χ2n) is 4.44. The maximum atomic E-state index is 10.6. The lowest BCUT2D eigenvalue weighted by molar-refractivity contribution is -0.131. The van der Waals surface area contributed by atoms with Crippen molar-refractivity contribution in [3.8, 4) is 0 Å². The van der Waals surface area contributed by atoms with Crippen molar-refractivity contribution in [1.82, 2.24) is 0 Å². The molecular formula is C14H16ClNO3. The van der Waals surface area contributed by atoms with Crippen LogP contribution in [0, 0.1) is 0 Å². The fraction of sp³-hybridized carbons (Fsp3) is 0.357. The summed E-state index contributed by atoms with van der Waals surface area (Å²) in [5.74, 6) is -0.970. The first kappa shape index (κ1) is 13.9. The highest BCUT2D eigenvalue weighted by Crippen LogP contribution is 2.33. The third kappa shape index (κ3) is 3.28. The highest BCUT2D eigenvalue weighted by Gasteiger charge is 2.25. The number of carboxylic acids is 1. The molecule has 2 rings (SSSR count). The fourth-order valence-corrected chi connectivity index (χ4v) is 2.59. The lowest BCUT2D eigenvalue weighted by Gasteiger charge is -2.22. The molecule has 0 bridgehead atoms. The van der Waals surface area contributed by atoms with Crippen molar-refractivity contribution in [1.29, 1.82) is 0 Å². The summed E-state index contributed by atoms with van der Waals surface area (Å²) >= 11 is 6.25. The van der Waals surface area contributed by atoms with E-state index in [4.69, 9.17) is 21.4 Å². The number of nitrogens with zero attached hydrogens (tertiary/aromatic N) is 1. The van der Waals surface area contributed by atoms with Crippen LogP contribution < -0.4 is 4.90 Å². The molecule has 1 aromatic rings. The molecule has 0 aromatic heterocycles. The molecule has 102 valence electrons. The van der Waals surface area contributed by atoms with Crippen LogP contribution in [0.5, 0.6) is 0 Å². The number of hydrogen-bond acceptors (Lipinski definition) is 3. The molecule has 5 heteroatoms. The molecule has 1 aliphatic heterocycles. The van der Waals surface area contributed by atoms with E-state index in [1.54, 1.807) is 13.2 Å². The predicted molar refractivity (Wildman–Crippen MR) is 75.7 cm³/mol. The van der Waals surface area contributed by atoms with E-state index in [9.17, 15) is 4.79 Å². The summed E-state index contributed by atoms with van der Waals surface area (Å²) in [6.07, 6.45) is 3.85. The Morgan fingerprint density at radius 3 is 3.00 bits per heavy atom. The Morgan fingerprint density at radius 2 is 2.37 bits per heavy atom. The van der Waals surface area contributed by atoms with E-state index in [0.29, 0.717) is 5.02 Å². The van der Waals surface area contributed by atoms with Gasteiger partial charge in [0.2, 0.25) is 0 Å². The summed E-state index contributed by atoms with van der Waals surface area (Å²) in [5.41, 5.74) is 1.69. The van der Waals surface area contributed by atoms with Gasteiger partial charge in [0.25, 0.3) is 0 Å². The quantitative estimate of drug-likeness (QED) is 0.862. The van der Waals surface area contributed by atoms with Crippen LogP contribution in [0.25, 0.3) is 6.08 Å². The number of halogens is 1. The summed E-state index contributed by atoms with van der Waals surface area (Å²) in [4.78, 5) is 12.8. The highest BCUT2D eigenvalue weighted by molar-refractivity contribution is 6.33. The van der Waals surface area contributed by atoms with Gasteiger partial charge in [-0.05, 0) is 24.1 Å². The summed E-state index contributed by atoms with van der Waals surface area (Å²) in [7, 11) is 1.70. The summed E-state index contributed by atoms with van der Waals surface area (Å²) in [5, 5.41) is 9.36. The van der Waals surface area contributed by atoms with Crippen LogP contribution in [0.1, 0.15) is 12.0 Å². The molecule has 1 unspecified atom stereocenters. The largest absolute Gasteiger partial charge is 0.478 e. The van der Waals surface area contributed by atoms with Gasteiger partial charge in [0.1, 0.15) is 0 Å². The average molecular weight is 282 g/mol. The lowest BCUT2D eigenvalue weighted by Crippen LogP contribution is -2.23. The minimum absolute atomic E-state index is 0.201. The standard InChI is InChI=1S/C14H16ClNO3/c1-19-11-7-8-16(9-11)14-10(5-6-13(17)18)3-2-4-12(14)15/h2-6,11H,7-9H2,1H3,(H,17,18)/b6-5+. The molecule has 0 amide bonds. The molecule has 1 heterocycles. The van der Waals surface area contributed by atoms with Gasteiger partial charge in [-0.3, -0.25) is 0 Å². The van der Waals surface area contributed by atoms with Gasteiger partial charge in [-0.2, -0.15) is 0 Å². The number of methoxy groups -OCH3 is 1. The van der Waals surface area contributed by atoms with Gasteiger partial charge in [-0.15, -0.1) is 0 Å². The van der Waals surface area contributed by atoms with Crippen LogP contribution in [0.15, 0.2) is 24.3 Å². The molecule has 0 saturated carbocycles. The van der Waals surface area contributed by atoms with Gasteiger partial charge in [0.05, 0.1) is 16.8 Å². The number of ether oxygens (including phenoxy) is 1. The minimum atomic E-state index is -0.970. The topological polar surface area (TPSA) is 49.8 Å². The number of carbonyl (C=O) groups is 1. The fourth-order valence-electron chi connectivity index (χ4n) is 2.28. The highest BCUT2D eigenvalue weighted by atomic mass is 35.5. The van der Waals surface area contributed by atoms with Gasteiger partial charge in [-0.1, -0.05) is 23.7 Å². The Hall–Kier alpha value is -1.52. The summed E-state index contributed by atoms with van der Waals surface area (Å²) in [6, 6.07) is 5.49. The zero-order chi connectivity index (χ0) is 13.8. The predicted octanol–water partition coefficient (Wildman–Crippen LogP) is 2.66. The normalized spacial score (nSPS) is 19.3. The van der Waals surface area contributed by atoms with Crippen molar-refractivity contribution in [2.24, 2.45) is 0 Å². The van der Waals surface area contributed by atoms with E-state index in [-0.39, 0.29) is 6.10 Å². The number of hydrogen-bond donors (Lipinski definition) is 1. The van der Waals surface area contributed by atoms with Crippen LogP contribution in [-0.2, 0) is 9.53 Å². The molecule has 1 aliphatic rings. The zero-order valence-corrected chi connectivity index (χ0v) is 11.4. The third-order valence-electron chi connectivity index (χ3n) is 3.22. The van der Waals surface area contributed by atoms with Crippen molar-refractivity contribution in [2.45, 2.75) is 12.5 Å². The number of rotatable bonds is 4. The van der Waals surface area contributed by atoms with E-state index >= 15 is 0 Å². The van der Waals surface area contributed by atoms with Crippen molar-refractivity contribution in [3.05, 3.63) is 34.9 Å². The Labute approximate surface area is 117 Å². The first-order valence-electron chi connectivity index (χ1n) is 6.09. The Balaban J connectivity index is 2.30. The number of para-hydroxylation sites is 1. The van der Waals surface area contributed by atoms with Crippen molar-refractivity contribution >= 4 is 29.3 Å². The second-order valence-corrected chi connectivity index (χ2v) is 4.85. The molecule has 1 saturated heterocycles. The molecular weight excluding hydrogens is 266 g/mol. The number of benzene rings is 1. The third-order valence-corrected chi connectivity index (χ3v) is 3.52. The molecule has 19 heavy (non-hydrogen) atoms. The molecule has 0 aliphatic carbocycles. The van der Waals surface area contributed by atoms with E-state index in [1.165, 1.54) is 0 Å². The van der Waals surface area contributed by atoms with Crippen LogP contribution >= 0.6 is 11.6 Å². The first-order chi connectivity index (χ1) is 9.11. The maximum absolute atomic E-state index is 10.6. The monoisotopic (exact) mass is 281 g/mol. The van der Waals surface area contributed by atoms with Crippen LogP contribution in [0.3, 0.4) is 0 Å². The minimum Gasteiger partial charge on any atom is -0.478 e. The molecule has 1 fully saturated rings. The Kier molecular flexibility index (Phi) is 4.45. The summed E-state index contributed by atoms with van der Waals surface area (Å²) in [6.45, 7) is 1.63. The first-order valence-corrected chi connectivity index (χ1v) is 6.47. The SMILES string of the molecule is COC1CCN(c2c(Cl)cccc2/C=C/C(=O)O)C1. The van der Waals surface area contributed by atoms with Gasteiger partial charge >= 0.3 is 5.97 Å². The van der Waals surface area contributed by atoms with Gasteiger partial charge in [0, 0.05) is 26.3 Å². The van der Waals surface area contributed by atoms with Crippen LogP contribution in [-0.4, -0.2) is 37.4 Å². The number of carboxylic acid groups (broad SMARTS) is 1. The van der Waals surface area contributed by atoms with E-state index in [1.807, 2.05) is 18.2 Å². The lowest BCUT2D eigenvalue weighted by atomic mass is 10.1. The second kappa shape index (κ2) is 6.08. The molecule has 1 aromatic carbocycles. The van der Waals surface area contributed by atoms with Crippen molar-refractivity contribution in [2.75, 3.05) is 25.1 Å². The van der Waals surface area contributed by atoms with E-state index in [0.717, 1.165) is 36.8 Å². The average Bonchev–Trinajstić information content (AvgIpc) is 2.84. The number of anilines is 1. The Bertz CT molecular complexity index is 501. The molecule has 4 nitrogen and oxygen atoms in total. The van der Waals surface area contributed by atoms with Crippen molar-refractivity contribution < 1.29 is 14.6 Å². The molecule has 1 N–H and O–H groups in total. The van der Waals surface area contributed by atoms with Crippen molar-refractivity contribution in [3.63, 3.8) is 0 Å². The maximum Gasteiger partial charge on any atom is 0.328 e. The van der Waals surface area contributed by atoms with Gasteiger partial charge in [0.15, 0.2) is 0 Å². The smallest absolute Gasteiger partial charge is 0.328 e. The Morgan fingerprint density at radius 1 is 1.58 bits per heavy atom. The summed E-state index contributed by atoms with van der Waals surface area (Å²) < 4.78 is 5.34. The number of aliphatic carboxylic acids is 1. The molecule has 1 atom stereocenters. The van der Waals surface area contributed by atoms with Gasteiger partial charge in [-0.25, -0.2) is 4.79 Å². The van der Waals surface area contributed by atoms with Gasteiger partial charge < -0.3 is 14.7 Å². The van der Waals surface area contributed by atoms with E-state index < -0.39 is 5.97 Å². The van der Waals surface area contributed by atoms with Crippen LogP contribution in [0.2, 0.25) is 5.02 Å².